The first-order chi connectivity index (χ1) is 8.16. The average Bonchev–Trinajstić information content (AvgIpc) is 2.33. The van der Waals surface area contributed by atoms with E-state index in [1.165, 1.54) is 6.42 Å². The maximum Gasteiger partial charge on any atom is 0.245 e. The molecule has 0 aromatic carbocycles. The van der Waals surface area contributed by atoms with Gasteiger partial charge < -0.3 is 9.64 Å². The summed E-state index contributed by atoms with van der Waals surface area (Å²) in [5, 5.41) is 7.67. The second-order valence-corrected chi connectivity index (χ2v) is 4.76. The molecule has 0 aliphatic carbocycles. The number of hydrogen-bond acceptors (Lipinski definition) is 5. The van der Waals surface area contributed by atoms with Gasteiger partial charge in [0.2, 0.25) is 5.28 Å². The Morgan fingerprint density at radius 2 is 2.18 bits per heavy atom. The van der Waals surface area contributed by atoms with E-state index in [0.717, 1.165) is 26.0 Å². The van der Waals surface area contributed by atoms with Crippen molar-refractivity contribution in [2.24, 2.45) is 0 Å². The van der Waals surface area contributed by atoms with E-state index in [-0.39, 0.29) is 16.5 Å². The molecular weight excluding hydrogens is 263 g/mol. The monoisotopic (exact) mass is 276 g/mol. The summed E-state index contributed by atoms with van der Waals surface area (Å²) in [5.74, 6) is 0.542. The molecule has 1 fully saturated rings. The van der Waals surface area contributed by atoms with E-state index in [9.17, 15) is 0 Å². The Morgan fingerprint density at radius 1 is 1.35 bits per heavy atom. The van der Waals surface area contributed by atoms with Crippen LogP contribution in [0.25, 0.3) is 0 Å². The van der Waals surface area contributed by atoms with Crippen LogP contribution in [-0.4, -0.2) is 41.5 Å². The highest BCUT2D eigenvalue weighted by Crippen LogP contribution is 2.22. The molecule has 1 aromatic heterocycles. The number of nitrogens with zero attached hydrogens (tertiary/aromatic N) is 4. The second kappa shape index (κ2) is 5.80. The highest BCUT2D eigenvalue weighted by Gasteiger charge is 2.19. The molecular formula is C10H14Cl2N4O. The van der Waals surface area contributed by atoms with Crippen LogP contribution in [0.4, 0.5) is 5.82 Å². The first-order valence-electron chi connectivity index (χ1n) is 5.55. The molecule has 1 aliphatic heterocycles. The molecule has 2 rings (SSSR count). The largest absolute Gasteiger partial charge is 0.376 e. The molecule has 1 atom stereocenters. The van der Waals surface area contributed by atoms with Crippen LogP contribution in [0.5, 0.6) is 0 Å². The molecule has 17 heavy (non-hydrogen) atoms. The Bertz CT molecular complexity index is 385. The van der Waals surface area contributed by atoms with E-state index in [1.54, 1.807) is 0 Å². The fraction of sp³-hybridized carbons (Fsp3) is 0.700. The van der Waals surface area contributed by atoms with Gasteiger partial charge in [0.1, 0.15) is 0 Å². The zero-order chi connectivity index (χ0) is 12.3. The Kier molecular flexibility index (Phi) is 4.36. The van der Waals surface area contributed by atoms with Crippen molar-refractivity contribution in [3.05, 3.63) is 10.4 Å². The summed E-state index contributed by atoms with van der Waals surface area (Å²) in [6, 6.07) is 0. The molecule has 1 aliphatic rings. The zero-order valence-corrected chi connectivity index (χ0v) is 11.1. The van der Waals surface area contributed by atoms with Crippen LogP contribution in [0.1, 0.15) is 19.3 Å². The van der Waals surface area contributed by atoms with Crippen molar-refractivity contribution in [2.45, 2.75) is 25.4 Å². The molecule has 94 valence electrons. The first kappa shape index (κ1) is 12.8. The Labute approximate surface area is 110 Å². The van der Waals surface area contributed by atoms with Crippen molar-refractivity contribution in [1.82, 2.24) is 15.2 Å². The van der Waals surface area contributed by atoms with E-state index in [4.69, 9.17) is 27.9 Å². The lowest BCUT2D eigenvalue weighted by Crippen LogP contribution is -2.34. The number of likely N-dealkylation sites (N-methyl/N-ethyl adjacent to an activating group) is 1. The van der Waals surface area contributed by atoms with Gasteiger partial charge in [0.25, 0.3) is 0 Å². The van der Waals surface area contributed by atoms with Gasteiger partial charge in [-0.2, -0.15) is 4.98 Å². The lowest BCUT2D eigenvalue weighted by Gasteiger charge is -2.28. The topological polar surface area (TPSA) is 51.1 Å². The number of anilines is 1. The minimum absolute atomic E-state index is 0.0980. The van der Waals surface area contributed by atoms with Gasteiger partial charge in [-0.1, -0.05) is 11.6 Å². The second-order valence-electron chi connectivity index (χ2n) is 4.06. The SMILES string of the molecule is CN(CC1CCCCO1)c1nc(Cl)nnc1Cl. The minimum atomic E-state index is 0.0980. The van der Waals surface area contributed by atoms with Crippen molar-refractivity contribution in [2.75, 3.05) is 25.1 Å². The lowest BCUT2D eigenvalue weighted by molar-refractivity contribution is 0.0215. The molecule has 0 amide bonds. The predicted molar refractivity (Wildman–Crippen MR) is 66.7 cm³/mol. The van der Waals surface area contributed by atoms with Gasteiger partial charge in [0, 0.05) is 20.2 Å². The molecule has 0 N–H and O–H groups in total. The van der Waals surface area contributed by atoms with Crippen molar-refractivity contribution < 1.29 is 4.74 Å². The number of ether oxygens (including phenoxy) is 1. The van der Waals surface area contributed by atoms with Gasteiger partial charge in [-0.15, -0.1) is 10.2 Å². The molecule has 1 unspecified atom stereocenters. The fourth-order valence-corrected chi connectivity index (χ4v) is 2.21. The van der Waals surface area contributed by atoms with E-state index in [0.29, 0.717) is 5.82 Å². The standard InChI is InChI=1S/C10H14Cl2N4O/c1-16(6-7-4-2-3-5-17-7)9-8(11)14-15-10(12)13-9/h7H,2-6H2,1H3. The summed E-state index contributed by atoms with van der Waals surface area (Å²) in [6.07, 6.45) is 3.63. The summed E-state index contributed by atoms with van der Waals surface area (Å²) < 4.78 is 5.66. The third kappa shape index (κ3) is 3.40. The zero-order valence-electron chi connectivity index (χ0n) is 9.57. The van der Waals surface area contributed by atoms with E-state index in [2.05, 4.69) is 15.2 Å². The Balaban J connectivity index is 2.02. The van der Waals surface area contributed by atoms with E-state index >= 15 is 0 Å². The van der Waals surface area contributed by atoms with Crippen molar-refractivity contribution in [3.63, 3.8) is 0 Å². The summed E-state index contributed by atoms with van der Waals surface area (Å²) in [6.45, 7) is 1.56. The maximum atomic E-state index is 5.93. The normalized spacial score (nSPS) is 20.3. The number of rotatable bonds is 3. The van der Waals surface area contributed by atoms with Crippen LogP contribution in [0.15, 0.2) is 0 Å². The number of aromatic nitrogens is 3. The Hall–Kier alpha value is -0.650. The van der Waals surface area contributed by atoms with Gasteiger partial charge in [0.15, 0.2) is 11.0 Å². The van der Waals surface area contributed by atoms with E-state index < -0.39 is 0 Å². The highest BCUT2D eigenvalue weighted by atomic mass is 35.5. The van der Waals surface area contributed by atoms with Crippen LogP contribution >= 0.6 is 23.2 Å². The molecule has 0 saturated carbocycles. The quantitative estimate of drug-likeness (QED) is 0.847. The molecule has 1 aromatic rings. The van der Waals surface area contributed by atoms with Gasteiger partial charge in [-0.25, -0.2) is 0 Å². The minimum Gasteiger partial charge on any atom is -0.376 e. The fourth-order valence-electron chi connectivity index (χ4n) is 1.87. The number of halogens is 2. The van der Waals surface area contributed by atoms with Crippen LogP contribution < -0.4 is 4.90 Å². The molecule has 5 nitrogen and oxygen atoms in total. The molecule has 0 spiro atoms. The molecule has 0 radical (unpaired) electrons. The summed E-state index contributed by atoms with van der Waals surface area (Å²) in [7, 11) is 1.89. The van der Waals surface area contributed by atoms with Gasteiger partial charge in [-0.05, 0) is 30.9 Å². The third-order valence-corrected chi connectivity index (χ3v) is 3.12. The average molecular weight is 277 g/mol. The first-order valence-corrected chi connectivity index (χ1v) is 6.31. The predicted octanol–water partition coefficient (Wildman–Crippen LogP) is 2.18. The molecule has 1 saturated heterocycles. The van der Waals surface area contributed by atoms with E-state index in [1.807, 2.05) is 11.9 Å². The number of hydrogen-bond donors (Lipinski definition) is 0. The van der Waals surface area contributed by atoms with Crippen LogP contribution in [-0.2, 0) is 4.74 Å². The van der Waals surface area contributed by atoms with Crippen LogP contribution in [0.2, 0.25) is 10.4 Å². The lowest BCUT2D eigenvalue weighted by atomic mass is 10.1. The highest BCUT2D eigenvalue weighted by molar-refractivity contribution is 6.32. The summed E-state index contributed by atoms with van der Waals surface area (Å²) in [5.41, 5.74) is 0. The smallest absolute Gasteiger partial charge is 0.245 e. The van der Waals surface area contributed by atoms with Crippen LogP contribution in [0.3, 0.4) is 0 Å². The van der Waals surface area contributed by atoms with Gasteiger partial charge in [-0.3, -0.25) is 0 Å². The van der Waals surface area contributed by atoms with Crippen molar-refractivity contribution in [3.8, 4) is 0 Å². The third-order valence-electron chi connectivity index (χ3n) is 2.72. The van der Waals surface area contributed by atoms with Crippen molar-refractivity contribution in [1.29, 1.82) is 0 Å². The summed E-state index contributed by atoms with van der Waals surface area (Å²) >= 11 is 11.6. The Morgan fingerprint density at radius 3 is 2.88 bits per heavy atom. The maximum absolute atomic E-state index is 5.93. The molecule has 0 bridgehead atoms. The van der Waals surface area contributed by atoms with Crippen LogP contribution in [0, 0.1) is 0 Å². The van der Waals surface area contributed by atoms with Crippen molar-refractivity contribution >= 4 is 29.0 Å². The van der Waals surface area contributed by atoms with Gasteiger partial charge >= 0.3 is 0 Å². The van der Waals surface area contributed by atoms with Gasteiger partial charge in [0.05, 0.1) is 6.10 Å². The molecule has 2 heterocycles. The molecule has 7 heteroatoms. The summed E-state index contributed by atoms with van der Waals surface area (Å²) in [4.78, 5) is 5.97.